The lowest BCUT2D eigenvalue weighted by atomic mass is 9.83. The molecule has 18 heavy (non-hydrogen) atoms. The van der Waals surface area contributed by atoms with E-state index in [-0.39, 0.29) is 11.4 Å². The number of rotatable bonds is 4. The van der Waals surface area contributed by atoms with E-state index in [1.807, 2.05) is 0 Å². The normalized spacial score (nSPS) is 24.7. The Hall–Kier alpha value is -0.570. The molecule has 2 fully saturated rings. The Balaban J connectivity index is 1.67. The Morgan fingerprint density at radius 2 is 1.67 bits per heavy atom. The zero-order chi connectivity index (χ0) is 12.8. The quantitative estimate of drug-likeness (QED) is 0.808. The lowest BCUT2D eigenvalue weighted by molar-refractivity contribution is -0.121. The minimum absolute atomic E-state index is 0.189. The molecular weight excluding hydrogens is 224 g/mol. The molecule has 2 aliphatic rings. The highest BCUT2D eigenvalue weighted by atomic mass is 16.2. The van der Waals surface area contributed by atoms with E-state index in [0.29, 0.717) is 12.6 Å². The summed E-state index contributed by atoms with van der Waals surface area (Å²) in [5.41, 5.74) is 0.197. The fourth-order valence-corrected chi connectivity index (χ4v) is 3.33. The Labute approximate surface area is 111 Å². The predicted octanol–water partition coefficient (Wildman–Crippen LogP) is 2.75. The minimum Gasteiger partial charge on any atom is -0.352 e. The summed E-state index contributed by atoms with van der Waals surface area (Å²) in [6.07, 6.45) is 12.6. The molecule has 0 aliphatic heterocycles. The van der Waals surface area contributed by atoms with Gasteiger partial charge >= 0.3 is 0 Å². The maximum absolute atomic E-state index is 11.9. The summed E-state index contributed by atoms with van der Waals surface area (Å²) in [4.78, 5) is 11.9. The van der Waals surface area contributed by atoms with Crippen molar-refractivity contribution in [2.24, 2.45) is 0 Å². The van der Waals surface area contributed by atoms with Gasteiger partial charge in [0.2, 0.25) is 5.91 Å². The third-order valence-electron chi connectivity index (χ3n) is 4.60. The van der Waals surface area contributed by atoms with Crippen molar-refractivity contribution in [3.8, 4) is 0 Å². The van der Waals surface area contributed by atoms with Crippen LogP contribution in [0.3, 0.4) is 0 Å². The summed E-state index contributed by atoms with van der Waals surface area (Å²) < 4.78 is 0. The molecule has 0 spiro atoms. The molecule has 2 N–H and O–H groups in total. The molecule has 0 saturated heterocycles. The van der Waals surface area contributed by atoms with Gasteiger partial charge in [-0.25, -0.2) is 0 Å². The molecule has 3 heteroatoms. The second kappa shape index (κ2) is 6.55. The van der Waals surface area contributed by atoms with Crippen LogP contribution in [0.15, 0.2) is 0 Å². The van der Waals surface area contributed by atoms with Crippen LogP contribution in [0.5, 0.6) is 0 Å². The highest BCUT2D eigenvalue weighted by Crippen LogP contribution is 2.27. The third-order valence-corrected chi connectivity index (χ3v) is 4.60. The van der Waals surface area contributed by atoms with Crippen LogP contribution in [-0.4, -0.2) is 24.0 Å². The van der Waals surface area contributed by atoms with Crippen molar-refractivity contribution in [1.29, 1.82) is 0 Å². The average molecular weight is 252 g/mol. The second-order valence-corrected chi connectivity index (χ2v) is 6.38. The summed E-state index contributed by atoms with van der Waals surface area (Å²) in [5, 5.41) is 6.65. The monoisotopic (exact) mass is 252 g/mol. The first-order valence-corrected chi connectivity index (χ1v) is 7.72. The molecule has 0 aromatic rings. The van der Waals surface area contributed by atoms with Crippen LogP contribution in [0, 0.1) is 0 Å². The third kappa shape index (κ3) is 4.27. The Bertz CT molecular complexity index is 266. The molecule has 0 bridgehead atoms. The van der Waals surface area contributed by atoms with Crippen LogP contribution in [0.1, 0.15) is 71.1 Å². The highest BCUT2D eigenvalue weighted by Gasteiger charge is 2.26. The summed E-state index contributed by atoms with van der Waals surface area (Å²) >= 11 is 0. The summed E-state index contributed by atoms with van der Waals surface area (Å²) in [6, 6.07) is 0.437. The van der Waals surface area contributed by atoms with Crippen LogP contribution < -0.4 is 10.6 Å². The van der Waals surface area contributed by atoms with Crippen LogP contribution >= 0.6 is 0 Å². The lowest BCUT2D eigenvalue weighted by Crippen LogP contribution is -2.49. The van der Waals surface area contributed by atoms with Crippen molar-refractivity contribution in [2.45, 2.75) is 82.7 Å². The fraction of sp³-hybridized carbons (Fsp3) is 0.933. The van der Waals surface area contributed by atoms with Crippen LogP contribution in [0.4, 0.5) is 0 Å². The van der Waals surface area contributed by atoms with Crippen molar-refractivity contribution in [3.05, 3.63) is 0 Å². The number of hydrogen-bond donors (Lipinski definition) is 2. The molecule has 2 rings (SSSR count). The van der Waals surface area contributed by atoms with Gasteiger partial charge in [-0.1, -0.05) is 38.5 Å². The molecule has 0 radical (unpaired) electrons. The summed E-state index contributed by atoms with van der Waals surface area (Å²) in [6.45, 7) is 2.76. The van der Waals surface area contributed by atoms with Crippen molar-refractivity contribution < 1.29 is 4.79 Å². The first-order chi connectivity index (χ1) is 8.68. The van der Waals surface area contributed by atoms with E-state index >= 15 is 0 Å². The van der Waals surface area contributed by atoms with E-state index in [1.54, 1.807) is 0 Å². The van der Waals surface area contributed by atoms with Crippen molar-refractivity contribution in [2.75, 3.05) is 6.54 Å². The number of carbonyl (C=O) groups excluding carboxylic acids is 1. The average Bonchev–Trinajstić information content (AvgIpc) is 2.39. The topological polar surface area (TPSA) is 41.1 Å². The molecule has 0 unspecified atom stereocenters. The Morgan fingerprint density at radius 3 is 2.33 bits per heavy atom. The van der Waals surface area contributed by atoms with E-state index in [4.69, 9.17) is 0 Å². The fourth-order valence-electron chi connectivity index (χ4n) is 3.33. The first-order valence-electron chi connectivity index (χ1n) is 7.72. The number of amides is 1. The number of nitrogens with one attached hydrogen (secondary N) is 2. The SMILES string of the molecule is CC1(NCC(=O)NC2CCCCC2)CCCCC1. The lowest BCUT2D eigenvalue weighted by Gasteiger charge is -2.34. The predicted molar refractivity (Wildman–Crippen MR) is 74.5 cm³/mol. The smallest absolute Gasteiger partial charge is 0.234 e. The van der Waals surface area contributed by atoms with Crippen molar-refractivity contribution in [1.82, 2.24) is 10.6 Å². The number of carbonyl (C=O) groups is 1. The van der Waals surface area contributed by atoms with E-state index in [0.717, 1.165) is 0 Å². The molecule has 3 nitrogen and oxygen atoms in total. The van der Waals surface area contributed by atoms with Crippen LogP contribution in [-0.2, 0) is 4.79 Å². The molecule has 2 saturated carbocycles. The molecule has 1 amide bonds. The summed E-state index contributed by atoms with van der Waals surface area (Å²) in [7, 11) is 0. The molecule has 0 heterocycles. The van der Waals surface area contributed by atoms with Crippen molar-refractivity contribution >= 4 is 5.91 Å². The Kier molecular flexibility index (Phi) is 5.04. The number of hydrogen-bond acceptors (Lipinski definition) is 2. The van der Waals surface area contributed by atoms with Gasteiger partial charge in [-0.2, -0.15) is 0 Å². The Morgan fingerprint density at radius 1 is 1.06 bits per heavy atom. The molecule has 0 atom stereocenters. The maximum Gasteiger partial charge on any atom is 0.234 e. The van der Waals surface area contributed by atoms with E-state index in [2.05, 4.69) is 17.6 Å². The highest BCUT2D eigenvalue weighted by molar-refractivity contribution is 5.78. The maximum atomic E-state index is 11.9. The van der Waals surface area contributed by atoms with E-state index in [9.17, 15) is 4.79 Å². The van der Waals surface area contributed by atoms with Crippen molar-refractivity contribution in [3.63, 3.8) is 0 Å². The molecule has 104 valence electrons. The molecular formula is C15H28N2O. The van der Waals surface area contributed by atoms with Gasteiger partial charge in [0, 0.05) is 11.6 Å². The van der Waals surface area contributed by atoms with E-state index < -0.39 is 0 Å². The molecule has 2 aliphatic carbocycles. The van der Waals surface area contributed by atoms with Gasteiger partial charge in [-0.3, -0.25) is 4.79 Å². The largest absolute Gasteiger partial charge is 0.352 e. The van der Waals surface area contributed by atoms with E-state index in [1.165, 1.54) is 64.2 Å². The summed E-state index contributed by atoms with van der Waals surface area (Å²) in [5.74, 6) is 0.189. The zero-order valence-corrected chi connectivity index (χ0v) is 11.8. The van der Waals surface area contributed by atoms with Crippen LogP contribution in [0.2, 0.25) is 0 Å². The second-order valence-electron chi connectivity index (χ2n) is 6.38. The van der Waals surface area contributed by atoms with Gasteiger partial charge in [-0.15, -0.1) is 0 Å². The standard InChI is InChI=1S/C15H28N2O/c1-15(10-6-3-7-11-15)16-12-14(18)17-13-8-4-2-5-9-13/h13,16H,2-12H2,1H3,(H,17,18). The van der Waals surface area contributed by atoms with Gasteiger partial charge in [0.15, 0.2) is 0 Å². The zero-order valence-electron chi connectivity index (χ0n) is 11.8. The van der Waals surface area contributed by atoms with Gasteiger partial charge in [0.25, 0.3) is 0 Å². The van der Waals surface area contributed by atoms with Gasteiger partial charge in [-0.05, 0) is 32.6 Å². The first kappa shape index (κ1) is 13.9. The van der Waals surface area contributed by atoms with Gasteiger partial charge < -0.3 is 10.6 Å². The molecule has 0 aromatic carbocycles. The molecule has 0 aromatic heterocycles. The van der Waals surface area contributed by atoms with Gasteiger partial charge in [0.1, 0.15) is 0 Å². The van der Waals surface area contributed by atoms with Gasteiger partial charge in [0.05, 0.1) is 6.54 Å². The minimum atomic E-state index is 0.189. The van der Waals surface area contributed by atoms with Crippen LogP contribution in [0.25, 0.3) is 0 Å².